The Morgan fingerprint density at radius 2 is 1.10 bits per heavy atom. The molecule has 1 atom stereocenters. The fraction of sp³-hybridized carbons (Fsp3) is 0.812. The zero-order valence-electron chi connectivity index (χ0n) is 25.9. The van der Waals surface area contributed by atoms with Crippen molar-refractivity contribution >= 4 is 19.8 Å². The Morgan fingerprint density at radius 1 is 0.634 bits per heavy atom. The summed E-state index contributed by atoms with van der Waals surface area (Å²) in [5.74, 6) is -0.906. The van der Waals surface area contributed by atoms with Gasteiger partial charge in [-0.2, -0.15) is 0 Å². The van der Waals surface area contributed by atoms with Gasteiger partial charge in [0.1, 0.15) is 6.61 Å². The standard InChI is InChI=1S/C32H59O8P/c1-3-5-7-9-11-13-14-15-16-17-18-19-21-22-24-26-31(33)38-28-30(29-39-41(35,36)37)40-32(34)27-25-23-20-12-10-8-6-4-2/h11,13,15-16,30H,3-10,12,14,17-29H2,1-2H3,(H2,35,36,37)/b13-11+,16-15+/t30-/m1/s1. The van der Waals surface area contributed by atoms with E-state index in [1.807, 2.05) is 0 Å². The Balaban J connectivity index is 4.02. The third kappa shape index (κ3) is 31.3. The van der Waals surface area contributed by atoms with Crippen LogP contribution in [0, 0.1) is 0 Å². The van der Waals surface area contributed by atoms with Crippen molar-refractivity contribution < 1.29 is 37.9 Å². The third-order valence-corrected chi connectivity index (χ3v) is 7.21. The summed E-state index contributed by atoms with van der Waals surface area (Å²) in [6.45, 7) is 3.58. The largest absolute Gasteiger partial charge is 0.469 e. The van der Waals surface area contributed by atoms with Crippen molar-refractivity contribution in [3.05, 3.63) is 24.3 Å². The normalized spacial score (nSPS) is 12.8. The molecule has 41 heavy (non-hydrogen) atoms. The summed E-state index contributed by atoms with van der Waals surface area (Å²) in [7, 11) is -4.74. The van der Waals surface area contributed by atoms with E-state index < -0.39 is 32.5 Å². The van der Waals surface area contributed by atoms with Crippen molar-refractivity contribution in [3.63, 3.8) is 0 Å². The van der Waals surface area contributed by atoms with Gasteiger partial charge in [0.25, 0.3) is 0 Å². The molecule has 0 aromatic carbocycles. The molecule has 0 aromatic rings. The van der Waals surface area contributed by atoms with Crippen molar-refractivity contribution in [2.75, 3.05) is 13.2 Å². The minimum Gasteiger partial charge on any atom is -0.462 e. The average Bonchev–Trinajstić information content (AvgIpc) is 2.93. The van der Waals surface area contributed by atoms with Crippen LogP contribution in [0.1, 0.15) is 149 Å². The monoisotopic (exact) mass is 602 g/mol. The maximum atomic E-state index is 12.2. The summed E-state index contributed by atoms with van der Waals surface area (Å²) in [5.41, 5.74) is 0. The van der Waals surface area contributed by atoms with E-state index in [0.29, 0.717) is 12.8 Å². The number of unbranched alkanes of at least 4 members (excludes halogenated alkanes) is 15. The molecule has 240 valence electrons. The second kappa shape index (κ2) is 28.6. The van der Waals surface area contributed by atoms with Crippen molar-refractivity contribution in [3.8, 4) is 0 Å². The molecular weight excluding hydrogens is 543 g/mol. The van der Waals surface area contributed by atoms with Crippen LogP contribution >= 0.6 is 7.82 Å². The molecule has 0 unspecified atom stereocenters. The molecule has 0 heterocycles. The first-order chi connectivity index (χ1) is 19.8. The number of ether oxygens (including phenoxy) is 2. The number of carbonyl (C=O) groups excluding carboxylic acids is 2. The summed E-state index contributed by atoms with van der Waals surface area (Å²) in [6, 6.07) is 0. The summed E-state index contributed by atoms with van der Waals surface area (Å²) < 4.78 is 26.1. The van der Waals surface area contributed by atoms with E-state index in [9.17, 15) is 14.2 Å². The van der Waals surface area contributed by atoms with Crippen LogP contribution in [0.3, 0.4) is 0 Å². The van der Waals surface area contributed by atoms with Crippen molar-refractivity contribution in [2.45, 2.75) is 155 Å². The number of carbonyl (C=O) groups is 2. The summed E-state index contributed by atoms with van der Waals surface area (Å²) >= 11 is 0. The molecule has 0 saturated carbocycles. The van der Waals surface area contributed by atoms with Crippen LogP contribution < -0.4 is 0 Å². The molecule has 0 saturated heterocycles. The molecule has 0 rings (SSSR count). The fourth-order valence-electron chi connectivity index (χ4n) is 4.28. The lowest BCUT2D eigenvalue weighted by Crippen LogP contribution is -2.29. The highest BCUT2D eigenvalue weighted by Crippen LogP contribution is 2.35. The van der Waals surface area contributed by atoms with Gasteiger partial charge in [0.05, 0.1) is 6.61 Å². The van der Waals surface area contributed by atoms with E-state index in [2.05, 4.69) is 42.7 Å². The number of hydrogen-bond donors (Lipinski definition) is 2. The Kier molecular flexibility index (Phi) is 27.6. The van der Waals surface area contributed by atoms with E-state index in [1.54, 1.807) is 0 Å². The van der Waals surface area contributed by atoms with Crippen LogP contribution in [-0.2, 0) is 28.2 Å². The first-order valence-electron chi connectivity index (χ1n) is 16.1. The molecule has 0 aliphatic heterocycles. The zero-order chi connectivity index (χ0) is 30.4. The highest BCUT2D eigenvalue weighted by atomic mass is 31.2. The molecule has 0 aliphatic carbocycles. The van der Waals surface area contributed by atoms with Crippen LogP contribution in [0.2, 0.25) is 0 Å². The van der Waals surface area contributed by atoms with Gasteiger partial charge in [0.2, 0.25) is 0 Å². The molecule has 0 bridgehead atoms. The van der Waals surface area contributed by atoms with Crippen LogP contribution in [0.4, 0.5) is 0 Å². The Morgan fingerprint density at radius 3 is 1.66 bits per heavy atom. The number of esters is 2. The third-order valence-electron chi connectivity index (χ3n) is 6.72. The van der Waals surface area contributed by atoms with Crippen LogP contribution in [0.25, 0.3) is 0 Å². The maximum absolute atomic E-state index is 12.2. The number of phosphoric acid groups is 1. The number of hydrogen-bond acceptors (Lipinski definition) is 6. The van der Waals surface area contributed by atoms with Crippen molar-refractivity contribution in [1.82, 2.24) is 0 Å². The van der Waals surface area contributed by atoms with Gasteiger partial charge >= 0.3 is 19.8 Å². The molecular formula is C32H59O8P. The predicted molar refractivity (Wildman–Crippen MR) is 165 cm³/mol. The molecule has 2 N–H and O–H groups in total. The molecule has 0 amide bonds. The van der Waals surface area contributed by atoms with Crippen LogP contribution in [0.15, 0.2) is 24.3 Å². The quantitative estimate of drug-likeness (QED) is 0.0377. The Bertz CT molecular complexity index is 731. The van der Waals surface area contributed by atoms with Gasteiger partial charge in [-0.15, -0.1) is 0 Å². The minimum atomic E-state index is -4.74. The molecule has 0 fully saturated rings. The molecule has 8 nitrogen and oxygen atoms in total. The Hall–Kier alpha value is -1.47. The molecule has 0 aliphatic rings. The van der Waals surface area contributed by atoms with Crippen molar-refractivity contribution in [2.24, 2.45) is 0 Å². The van der Waals surface area contributed by atoms with Crippen molar-refractivity contribution in [1.29, 1.82) is 0 Å². The second-order valence-electron chi connectivity index (χ2n) is 10.8. The lowest BCUT2D eigenvalue weighted by atomic mass is 10.1. The average molecular weight is 603 g/mol. The molecule has 9 heteroatoms. The SMILES string of the molecule is CCCCC/C=C/C/C=C/CCCCCCCC(=O)OC[C@H](COP(=O)(O)O)OC(=O)CCCCCCCCCC. The van der Waals surface area contributed by atoms with E-state index in [1.165, 1.54) is 51.4 Å². The summed E-state index contributed by atoms with van der Waals surface area (Å²) in [6.07, 6.45) is 29.1. The van der Waals surface area contributed by atoms with E-state index >= 15 is 0 Å². The molecule has 0 spiro atoms. The number of allylic oxidation sites excluding steroid dienone is 4. The van der Waals surface area contributed by atoms with Crippen LogP contribution in [0.5, 0.6) is 0 Å². The number of phosphoric ester groups is 1. The highest BCUT2D eigenvalue weighted by Gasteiger charge is 2.22. The first-order valence-corrected chi connectivity index (χ1v) is 17.7. The topological polar surface area (TPSA) is 119 Å². The van der Waals surface area contributed by atoms with Gasteiger partial charge < -0.3 is 19.3 Å². The van der Waals surface area contributed by atoms with Crippen LogP contribution in [-0.4, -0.2) is 41.0 Å². The summed E-state index contributed by atoms with van der Waals surface area (Å²) in [5, 5.41) is 0. The van der Waals surface area contributed by atoms with E-state index in [4.69, 9.17) is 19.3 Å². The fourth-order valence-corrected chi connectivity index (χ4v) is 4.64. The van der Waals surface area contributed by atoms with E-state index in [0.717, 1.165) is 57.8 Å². The maximum Gasteiger partial charge on any atom is 0.469 e. The Labute approximate surface area is 249 Å². The lowest BCUT2D eigenvalue weighted by Gasteiger charge is -2.18. The lowest BCUT2D eigenvalue weighted by molar-refractivity contribution is -0.161. The first kappa shape index (κ1) is 39.5. The van der Waals surface area contributed by atoms with E-state index in [-0.39, 0.29) is 19.4 Å². The predicted octanol–water partition coefficient (Wildman–Crippen LogP) is 8.90. The highest BCUT2D eigenvalue weighted by molar-refractivity contribution is 7.46. The van der Waals surface area contributed by atoms with Gasteiger partial charge in [0.15, 0.2) is 6.10 Å². The summed E-state index contributed by atoms with van der Waals surface area (Å²) in [4.78, 5) is 42.3. The van der Waals surface area contributed by atoms with Gasteiger partial charge in [-0.3, -0.25) is 14.1 Å². The molecule has 0 aromatic heterocycles. The van der Waals surface area contributed by atoms with Gasteiger partial charge in [-0.05, 0) is 44.9 Å². The molecule has 0 radical (unpaired) electrons. The smallest absolute Gasteiger partial charge is 0.462 e. The zero-order valence-corrected chi connectivity index (χ0v) is 26.8. The number of rotatable bonds is 29. The van der Waals surface area contributed by atoms with Gasteiger partial charge in [0, 0.05) is 12.8 Å². The minimum absolute atomic E-state index is 0.210. The second-order valence-corrected chi connectivity index (χ2v) is 12.0. The van der Waals surface area contributed by atoms with Gasteiger partial charge in [-0.25, -0.2) is 4.57 Å². The van der Waals surface area contributed by atoms with Gasteiger partial charge in [-0.1, -0.05) is 115 Å².